The van der Waals surface area contributed by atoms with E-state index in [1.54, 1.807) is 13.0 Å². The van der Waals surface area contributed by atoms with Crippen LogP contribution in [0.15, 0.2) is 47.1 Å². The maximum absolute atomic E-state index is 12.5. The molecule has 0 unspecified atom stereocenters. The van der Waals surface area contributed by atoms with E-state index in [9.17, 15) is 19.5 Å². The van der Waals surface area contributed by atoms with Gasteiger partial charge in [-0.2, -0.15) is 0 Å². The Morgan fingerprint density at radius 3 is 2.60 bits per heavy atom. The summed E-state index contributed by atoms with van der Waals surface area (Å²) < 4.78 is 16.5. The SMILES string of the molecule is C=C1C(=O)O[C@@H]2C=C(C)[C@@H](OC(C)=O)C/C=C(/C)C[C@@H](OC(=O)/C(=C/CO)CO)[C@@H]12. The van der Waals surface area contributed by atoms with Gasteiger partial charge in [-0.25, -0.2) is 9.59 Å². The summed E-state index contributed by atoms with van der Waals surface area (Å²) in [5.74, 6) is -2.44. The van der Waals surface area contributed by atoms with Crippen LogP contribution in [0.4, 0.5) is 0 Å². The van der Waals surface area contributed by atoms with Crippen molar-refractivity contribution in [3.63, 3.8) is 0 Å². The van der Waals surface area contributed by atoms with Crippen molar-refractivity contribution in [2.75, 3.05) is 13.2 Å². The number of rotatable bonds is 5. The molecule has 8 nitrogen and oxygen atoms in total. The quantitative estimate of drug-likeness (QED) is 0.297. The summed E-state index contributed by atoms with van der Waals surface area (Å²) in [6, 6.07) is 0. The lowest BCUT2D eigenvalue weighted by Crippen LogP contribution is -2.34. The van der Waals surface area contributed by atoms with Gasteiger partial charge in [-0.05, 0) is 31.6 Å². The average Bonchev–Trinajstić information content (AvgIpc) is 2.94. The molecule has 0 spiro atoms. The average molecular weight is 420 g/mol. The van der Waals surface area contributed by atoms with Gasteiger partial charge in [0.05, 0.1) is 24.7 Å². The van der Waals surface area contributed by atoms with Crippen LogP contribution in [-0.2, 0) is 28.6 Å². The summed E-state index contributed by atoms with van der Waals surface area (Å²) >= 11 is 0. The van der Waals surface area contributed by atoms with Gasteiger partial charge in [0, 0.05) is 25.3 Å². The Balaban J connectivity index is 2.42. The third-order valence-corrected chi connectivity index (χ3v) is 5.14. The highest BCUT2D eigenvalue weighted by Gasteiger charge is 2.45. The fourth-order valence-corrected chi connectivity index (χ4v) is 3.56. The Kier molecular flexibility index (Phi) is 8.14. The third kappa shape index (κ3) is 5.67. The van der Waals surface area contributed by atoms with E-state index >= 15 is 0 Å². The number of esters is 3. The number of aliphatic hydroxyl groups is 2. The second kappa shape index (κ2) is 10.4. The van der Waals surface area contributed by atoms with Gasteiger partial charge in [0.15, 0.2) is 0 Å². The highest BCUT2D eigenvalue weighted by molar-refractivity contribution is 5.92. The minimum Gasteiger partial charge on any atom is -0.458 e. The lowest BCUT2D eigenvalue weighted by atomic mass is 9.85. The fraction of sp³-hybridized carbons (Fsp3) is 0.500. The summed E-state index contributed by atoms with van der Waals surface area (Å²) in [6.07, 6.45) is 3.45. The first-order valence-corrected chi connectivity index (χ1v) is 9.70. The Hall–Kier alpha value is -2.71. The van der Waals surface area contributed by atoms with Crippen LogP contribution in [0.5, 0.6) is 0 Å². The number of carbonyl (C=O) groups excluding carboxylic acids is 3. The molecule has 4 atom stereocenters. The van der Waals surface area contributed by atoms with Crippen LogP contribution in [0.1, 0.15) is 33.6 Å². The normalized spacial score (nSPS) is 29.2. The Bertz CT molecular complexity index is 804. The van der Waals surface area contributed by atoms with Gasteiger partial charge in [-0.3, -0.25) is 4.79 Å². The van der Waals surface area contributed by atoms with E-state index in [1.165, 1.54) is 13.0 Å². The van der Waals surface area contributed by atoms with Gasteiger partial charge < -0.3 is 24.4 Å². The third-order valence-electron chi connectivity index (χ3n) is 5.14. The number of aliphatic hydroxyl groups excluding tert-OH is 2. The highest BCUT2D eigenvalue weighted by Crippen LogP contribution is 2.36. The molecule has 0 aromatic heterocycles. The molecule has 1 saturated heterocycles. The van der Waals surface area contributed by atoms with Gasteiger partial charge >= 0.3 is 17.9 Å². The van der Waals surface area contributed by atoms with E-state index in [1.807, 2.05) is 13.0 Å². The van der Waals surface area contributed by atoms with Crippen molar-refractivity contribution in [2.45, 2.75) is 51.9 Å². The molecule has 0 amide bonds. The lowest BCUT2D eigenvalue weighted by Gasteiger charge is -2.28. The molecule has 2 N–H and O–H groups in total. The first-order valence-electron chi connectivity index (χ1n) is 9.70. The van der Waals surface area contributed by atoms with E-state index in [0.717, 1.165) is 5.57 Å². The molecule has 0 aromatic carbocycles. The smallest absolute Gasteiger partial charge is 0.336 e. The van der Waals surface area contributed by atoms with Crippen LogP contribution in [0.2, 0.25) is 0 Å². The van der Waals surface area contributed by atoms with Crippen molar-refractivity contribution in [1.29, 1.82) is 0 Å². The topological polar surface area (TPSA) is 119 Å². The Morgan fingerprint density at radius 2 is 2.00 bits per heavy atom. The summed E-state index contributed by atoms with van der Waals surface area (Å²) in [5, 5.41) is 18.4. The van der Waals surface area contributed by atoms with Crippen LogP contribution >= 0.6 is 0 Å². The highest BCUT2D eigenvalue weighted by atomic mass is 16.6. The molecular formula is C22H28O8. The van der Waals surface area contributed by atoms with E-state index in [0.29, 0.717) is 18.4 Å². The first kappa shape index (κ1) is 23.6. The molecule has 0 aromatic rings. The Labute approximate surface area is 175 Å². The van der Waals surface area contributed by atoms with E-state index in [4.69, 9.17) is 19.3 Å². The molecule has 0 radical (unpaired) electrons. The summed E-state index contributed by atoms with van der Waals surface area (Å²) in [5.41, 5.74) is 1.67. The number of carbonyl (C=O) groups is 3. The largest absolute Gasteiger partial charge is 0.458 e. The zero-order valence-electron chi connectivity index (χ0n) is 17.4. The predicted molar refractivity (Wildman–Crippen MR) is 107 cm³/mol. The first-order chi connectivity index (χ1) is 14.2. The number of ether oxygens (including phenoxy) is 3. The molecular weight excluding hydrogens is 392 g/mol. The van der Waals surface area contributed by atoms with Crippen LogP contribution < -0.4 is 0 Å². The van der Waals surface area contributed by atoms with Crippen molar-refractivity contribution in [2.24, 2.45) is 5.92 Å². The summed E-state index contributed by atoms with van der Waals surface area (Å²) in [6.45, 7) is 7.76. The number of fused-ring (bicyclic) bond motifs is 1. The van der Waals surface area contributed by atoms with Gasteiger partial charge in [0.2, 0.25) is 0 Å². The Morgan fingerprint density at radius 1 is 1.30 bits per heavy atom. The van der Waals surface area contributed by atoms with Crippen LogP contribution in [0, 0.1) is 5.92 Å². The molecule has 1 fully saturated rings. The summed E-state index contributed by atoms with van der Waals surface area (Å²) in [7, 11) is 0. The fourth-order valence-electron chi connectivity index (χ4n) is 3.56. The molecule has 2 aliphatic rings. The summed E-state index contributed by atoms with van der Waals surface area (Å²) in [4.78, 5) is 36.2. The standard InChI is InChI=1S/C22H28O8/c1-12-5-6-17(28-15(4)25)13(2)10-19-20(14(3)21(26)29-19)18(9-12)30-22(27)16(11-24)7-8-23/h5,7,10,17-20,23-24H,3,6,8-9,11H2,1-2,4H3/b12-5-,13-10?,16-7+/t17-,18+,19+,20+/m0/s1. The molecule has 0 saturated carbocycles. The monoisotopic (exact) mass is 420 g/mol. The minimum absolute atomic E-state index is 0.0784. The van der Waals surface area contributed by atoms with Crippen LogP contribution in [0.25, 0.3) is 0 Å². The van der Waals surface area contributed by atoms with Crippen molar-refractivity contribution in [3.8, 4) is 0 Å². The zero-order chi connectivity index (χ0) is 22.4. The molecule has 1 aliphatic heterocycles. The van der Waals surface area contributed by atoms with Crippen LogP contribution in [0.3, 0.4) is 0 Å². The van der Waals surface area contributed by atoms with Crippen LogP contribution in [-0.4, -0.2) is 59.6 Å². The second-order valence-electron chi connectivity index (χ2n) is 7.43. The van der Waals surface area contributed by atoms with Gasteiger partial charge in [-0.1, -0.05) is 18.2 Å². The van der Waals surface area contributed by atoms with Gasteiger partial charge in [-0.15, -0.1) is 0 Å². The van der Waals surface area contributed by atoms with Gasteiger partial charge in [0.25, 0.3) is 0 Å². The van der Waals surface area contributed by atoms with Crippen molar-refractivity contribution >= 4 is 17.9 Å². The van der Waals surface area contributed by atoms with E-state index < -0.39 is 55.4 Å². The minimum atomic E-state index is -0.786. The van der Waals surface area contributed by atoms with Crippen molar-refractivity contribution < 1.29 is 38.8 Å². The van der Waals surface area contributed by atoms with Gasteiger partial charge in [0.1, 0.15) is 18.3 Å². The maximum Gasteiger partial charge on any atom is 0.336 e. The van der Waals surface area contributed by atoms with Crippen molar-refractivity contribution in [1.82, 2.24) is 0 Å². The molecule has 2 rings (SSSR count). The predicted octanol–water partition coefficient (Wildman–Crippen LogP) is 1.53. The maximum atomic E-state index is 12.5. The molecule has 164 valence electrons. The molecule has 1 aliphatic carbocycles. The number of hydrogen-bond donors (Lipinski definition) is 2. The molecule has 8 heteroatoms. The molecule has 0 bridgehead atoms. The van der Waals surface area contributed by atoms with Crippen molar-refractivity contribution in [3.05, 3.63) is 47.1 Å². The second-order valence-corrected chi connectivity index (χ2v) is 7.43. The zero-order valence-corrected chi connectivity index (χ0v) is 17.4. The lowest BCUT2D eigenvalue weighted by molar-refractivity contribution is -0.148. The van der Waals surface area contributed by atoms with E-state index in [-0.39, 0.29) is 11.1 Å². The van der Waals surface area contributed by atoms with E-state index in [2.05, 4.69) is 6.58 Å². The number of hydrogen-bond acceptors (Lipinski definition) is 8. The molecule has 1 heterocycles. The molecule has 30 heavy (non-hydrogen) atoms.